The number of aryl methyl sites for hydroxylation is 2. The summed E-state index contributed by atoms with van der Waals surface area (Å²) >= 11 is 0. The number of nitrogens with zero attached hydrogens (tertiary/aromatic N) is 5. The van der Waals surface area contributed by atoms with Crippen molar-refractivity contribution in [2.24, 2.45) is 0 Å². The molecule has 0 bridgehead atoms. The summed E-state index contributed by atoms with van der Waals surface area (Å²) in [6, 6.07) is 22.5. The molecule has 0 aliphatic rings. The Morgan fingerprint density at radius 3 is 2.25 bits per heavy atom. The Bertz CT molecular complexity index is 1450. The van der Waals surface area contributed by atoms with Crippen LogP contribution in [0.25, 0.3) is 5.65 Å². The van der Waals surface area contributed by atoms with E-state index in [4.69, 9.17) is 9.72 Å². The van der Waals surface area contributed by atoms with Crippen molar-refractivity contribution >= 4 is 17.5 Å². The first-order chi connectivity index (χ1) is 17.6. The van der Waals surface area contributed by atoms with E-state index in [1.165, 1.54) is 0 Å². The molecule has 0 radical (unpaired) electrons. The Hall–Kier alpha value is -4.46. The molecule has 182 valence electrons. The molecule has 0 saturated heterocycles. The second-order valence-electron chi connectivity index (χ2n) is 8.41. The lowest BCUT2D eigenvalue weighted by Crippen LogP contribution is -2.16. The minimum atomic E-state index is -0.345. The molecule has 8 heteroatoms. The van der Waals surface area contributed by atoms with Gasteiger partial charge in [0.25, 0.3) is 5.91 Å². The Balaban J connectivity index is 1.63. The standard InChI is InChI=1S/C28H28N6O2/c1-4-22-26(25(19-12-8-6-9-13-19)20-14-10-7-11-15-20)30-24-16-23(36-3)21(17-34(22)24)27(35)31-28-29-18-33(5-2)32-28/h6-18,25H,4-5H2,1-3H3,(H,31,32,35). The zero-order valence-electron chi connectivity index (χ0n) is 20.5. The van der Waals surface area contributed by atoms with Crippen molar-refractivity contribution in [1.82, 2.24) is 24.1 Å². The maximum atomic E-state index is 13.2. The smallest absolute Gasteiger partial charge is 0.263 e. The highest BCUT2D eigenvalue weighted by molar-refractivity contribution is 6.05. The van der Waals surface area contributed by atoms with Crippen LogP contribution >= 0.6 is 0 Å². The fraction of sp³-hybridized carbons (Fsp3) is 0.214. The lowest BCUT2D eigenvalue weighted by atomic mass is 9.87. The number of rotatable bonds is 8. The van der Waals surface area contributed by atoms with Gasteiger partial charge in [0.2, 0.25) is 5.95 Å². The van der Waals surface area contributed by atoms with Gasteiger partial charge < -0.3 is 9.14 Å². The number of hydrogen-bond donors (Lipinski definition) is 1. The predicted octanol–water partition coefficient (Wildman–Crippen LogP) is 4.95. The van der Waals surface area contributed by atoms with Crippen LogP contribution in [0.4, 0.5) is 5.95 Å². The summed E-state index contributed by atoms with van der Waals surface area (Å²) in [6.45, 7) is 4.73. The Labute approximate surface area is 209 Å². The van der Waals surface area contributed by atoms with E-state index >= 15 is 0 Å². The van der Waals surface area contributed by atoms with E-state index in [9.17, 15) is 4.79 Å². The van der Waals surface area contributed by atoms with E-state index < -0.39 is 0 Å². The van der Waals surface area contributed by atoms with E-state index in [1.807, 2.05) is 53.8 Å². The molecule has 0 fully saturated rings. The van der Waals surface area contributed by atoms with E-state index in [-0.39, 0.29) is 17.8 Å². The van der Waals surface area contributed by atoms with Gasteiger partial charge in [0.1, 0.15) is 17.7 Å². The molecular weight excluding hydrogens is 452 g/mol. The maximum absolute atomic E-state index is 13.2. The SMILES string of the molecule is CCc1c(C(c2ccccc2)c2ccccc2)nc2cc(OC)c(C(=O)Nc3ncn(CC)n3)cn12. The average Bonchev–Trinajstić information content (AvgIpc) is 3.52. The third-order valence-corrected chi connectivity index (χ3v) is 6.28. The molecule has 1 N–H and O–H groups in total. The number of imidazole rings is 1. The lowest BCUT2D eigenvalue weighted by molar-refractivity contribution is 0.102. The number of amides is 1. The zero-order valence-corrected chi connectivity index (χ0v) is 20.5. The van der Waals surface area contributed by atoms with Crippen LogP contribution < -0.4 is 10.1 Å². The molecule has 1 amide bonds. The number of ether oxygens (including phenoxy) is 1. The van der Waals surface area contributed by atoms with Gasteiger partial charge in [-0.2, -0.15) is 0 Å². The van der Waals surface area contributed by atoms with Gasteiger partial charge in [-0.1, -0.05) is 67.6 Å². The molecule has 0 unspecified atom stereocenters. The summed E-state index contributed by atoms with van der Waals surface area (Å²) in [5, 5.41) is 7.03. The highest BCUT2D eigenvalue weighted by Gasteiger charge is 2.25. The molecule has 3 aromatic heterocycles. The minimum Gasteiger partial charge on any atom is -0.496 e. The normalized spacial score (nSPS) is 11.2. The molecule has 3 heterocycles. The zero-order chi connectivity index (χ0) is 25.1. The first kappa shape index (κ1) is 23.3. The summed E-state index contributed by atoms with van der Waals surface area (Å²) < 4.78 is 9.23. The third-order valence-electron chi connectivity index (χ3n) is 6.28. The van der Waals surface area contributed by atoms with Gasteiger partial charge in [-0.3, -0.25) is 14.8 Å². The number of aromatic nitrogens is 5. The van der Waals surface area contributed by atoms with E-state index in [0.717, 1.165) is 34.6 Å². The summed E-state index contributed by atoms with van der Waals surface area (Å²) in [6.07, 6.45) is 4.12. The van der Waals surface area contributed by atoms with Gasteiger partial charge >= 0.3 is 0 Å². The van der Waals surface area contributed by atoms with E-state index in [2.05, 4.69) is 46.6 Å². The van der Waals surface area contributed by atoms with E-state index in [0.29, 0.717) is 17.9 Å². The number of carbonyl (C=O) groups is 1. The molecule has 5 rings (SSSR count). The van der Waals surface area contributed by atoms with Crippen LogP contribution in [0.5, 0.6) is 5.75 Å². The van der Waals surface area contributed by atoms with Gasteiger partial charge in [-0.15, -0.1) is 5.10 Å². The highest BCUT2D eigenvalue weighted by atomic mass is 16.5. The molecule has 0 saturated carbocycles. The molecule has 0 atom stereocenters. The summed E-state index contributed by atoms with van der Waals surface area (Å²) in [4.78, 5) is 22.4. The Kier molecular flexibility index (Phi) is 6.49. The summed E-state index contributed by atoms with van der Waals surface area (Å²) in [5.74, 6) is 0.291. The molecule has 0 aliphatic heterocycles. The van der Waals surface area contributed by atoms with Crippen molar-refractivity contribution in [2.75, 3.05) is 12.4 Å². The van der Waals surface area contributed by atoms with Crippen LogP contribution in [0.3, 0.4) is 0 Å². The van der Waals surface area contributed by atoms with Crippen LogP contribution in [-0.2, 0) is 13.0 Å². The van der Waals surface area contributed by atoms with Gasteiger partial charge in [0, 0.05) is 24.5 Å². The van der Waals surface area contributed by atoms with Crippen LogP contribution in [0.2, 0.25) is 0 Å². The Morgan fingerprint density at radius 2 is 1.69 bits per heavy atom. The van der Waals surface area contributed by atoms with Crippen LogP contribution in [0.1, 0.15) is 52.6 Å². The van der Waals surface area contributed by atoms with Gasteiger partial charge in [-0.25, -0.2) is 9.97 Å². The van der Waals surface area contributed by atoms with Crippen molar-refractivity contribution in [1.29, 1.82) is 0 Å². The minimum absolute atomic E-state index is 0.0484. The fourth-order valence-corrected chi connectivity index (χ4v) is 4.53. The van der Waals surface area contributed by atoms with E-state index in [1.54, 1.807) is 24.3 Å². The average molecular weight is 481 g/mol. The Morgan fingerprint density at radius 1 is 1.03 bits per heavy atom. The first-order valence-electron chi connectivity index (χ1n) is 12.0. The van der Waals surface area contributed by atoms with Gasteiger partial charge in [0.05, 0.1) is 24.3 Å². The van der Waals surface area contributed by atoms with Crippen molar-refractivity contribution in [3.63, 3.8) is 0 Å². The lowest BCUT2D eigenvalue weighted by Gasteiger charge is -2.18. The second-order valence-corrected chi connectivity index (χ2v) is 8.41. The number of benzene rings is 2. The predicted molar refractivity (Wildman–Crippen MR) is 139 cm³/mol. The first-order valence-corrected chi connectivity index (χ1v) is 12.0. The van der Waals surface area contributed by atoms with Crippen LogP contribution in [0, 0.1) is 0 Å². The van der Waals surface area contributed by atoms with Gasteiger partial charge in [0.15, 0.2) is 0 Å². The van der Waals surface area contributed by atoms with Crippen molar-refractivity contribution < 1.29 is 9.53 Å². The summed E-state index contributed by atoms with van der Waals surface area (Å²) in [7, 11) is 1.55. The number of nitrogens with one attached hydrogen (secondary N) is 1. The second kappa shape index (κ2) is 10.0. The molecular formula is C28H28N6O2. The van der Waals surface area contributed by atoms with Crippen molar-refractivity contribution in [2.45, 2.75) is 32.7 Å². The highest BCUT2D eigenvalue weighted by Crippen LogP contribution is 2.35. The topological polar surface area (TPSA) is 86.3 Å². The summed E-state index contributed by atoms with van der Waals surface area (Å²) in [5.41, 5.74) is 5.41. The maximum Gasteiger partial charge on any atom is 0.263 e. The van der Waals surface area contributed by atoms with Crippen molar-refractivity contribution in [3.8, 4) is 5.75 Å². The molecule has 0 aliphatic carbocycles. The van der Waals surface area contributed by atoms with Crippen molar-refractivity contribution in [3.05, 3.63) is 107 Å². The number of methoxy groups -OCH3 is 1. The number of hydrogen-bond acceptors (Lipinski definition) is 5. The molecule has 0 spiro atoms. The van der Waals surface area contributed by atoms with Gasteiger partial charge in [-0.05, 0) is 24.5 Å². The number of carbonyl (C=O) groups excluding carboxylic acids is 1. The largest absolute Gasteiger partial charge is 0.496 e. The van der Waals surface area contributed by atoms with Crippen LogP contribution in [-0.4, -0.2) is 37.2 Å². The van der Waals surface area contributed by atoms with Crippen LogP contribution in [0.15, 0.2) is 79.3 Å². The molecule has 2 aromatic carbocycles. The third kappa shape index (κ3) is 4.33. The monoisotopic (exact) mass is 480 g/mol. The fourth-order valence-electron chi connectivity index (χ4n) is 4.53. The molecule has 36 heavy (non-hydrogen) atoms. The molecule has 8 nitrogen and oxygen atoms in total. The molecule has 5 aromatic rings. The number of pyridine rings is 1. The number of fused-ring (bicyclic) bond motifs is 1. The quantitative estimate of drug-likeness (QED) is 0.340. The number of anilines is 1.